The summed E-state index contributed by atoms with van der Waals surface area (Å²) in [6.07, 6.45) is 1.19. The van der Waals surface area contributed by atoms with Crippen molar-refractivity contribution in [3.63, 3.8) is 0 Å². The van der Waals surface area contributed by atoms with E-state index in [1.165, 1.54) is 10.6 Å². The Hall–Kier alpha value is -0.580. The van der Waals surface area contributed by atoms with Crippen LogP contribution in [-0.2, 0) is 10.0 Å². The van der Waals surface area contributed by atoms with Gasteiger partial charge < -0.3 is 0 Å². The lowest BCUT2D eigenvalue weighted by molar-refractivity contribution is 0.544. The fourth-order valence-electron chi connectivity index (χ4n) is 0.949. The van der Waals surface area contributed by atoms with E-state index in [2.05, 4.69) is 4.99 Å². The molecule has 4 nitrogen and oxygen atoms in total. The minimum Gasteiger partial charge on any atom is -0.270 e. The van der Waals surface area contributed by atoms with Crippen LogP contribution in [0.2, 0.25) is 0 Å². The third kappa shape index (κ3) is 1.29. The highest BCUT2D eigenvalue weighted by Gasteiger charge is 2.20. The second-order valence-corrected chi connectivity index (χ2v) is 4.17. The molecule has 0 aromatic heterocycles. The van der Waals surface area contributed by atoms with Crippen molar-refractivity contribution >= 4 is 15.9 Å². The maximum absolute atomic E-state index is 10.9. The van der Waals surface area contributed by atoms with Gasteiger partial charge in [-0.05, 0) is 6.92 Å². The van der Waals surface area contributed by atoms with Crippen LogP contribution < -0.4 is 0 Å². The Labute approximate surface area is 60.6 Å². The lowest BCUT2D eigenvalue weighted by Gasteiger charge is -2.13. The Morgan fingerprint density at radius 2 is 2.20 bits per heavy atom. The van der Waals surface area contributed by atoms with Gasteiger partial charge in [0.05, 0.1) is 19.3 Å². The summed E-state index contributed by atoms with van der Waals surface area (Å²) in [5, 5.41) is 0. The van der Waals surface area contributed by atoms with Crippen molar-refractivity contribution in [2.75, 3.05) is 19.3 Å². The average Bonchev–Trinajstić information content (AvgIpc) is 2.11. The molecule has 0 N–H and O–H groups in total. The number of sulfonamides is 1. The number of rotatable bonds is 1. The standard InChI is InChI=1S/C5H10N2O2S/c1-5-6-3-4-7(5)10(2,8)9/h3-4H2,1-2H3. The first kappa shape index (κ1) is 7.53. The minimum absolute atomic E-state index is 0.505. The van der Waals surface area contributed by atoms with Crippen LogP contribution in [0.15, 0.2) is 4.99 Å². The summed E-state index contributed by atoms with van der Waals surface area (Å²) >= 11 is 0. The zero-order valence-electron chi connectivity index (χ0n) is 6.03. The molecule has 1 aliphatic rings. The Balaban J connectivity index is 2.87. The van der Waals surface area contributed by atoms with E-state index in [1.807, 2.05) is 0 Å². The largest absolute Gasteiger partial charge is 0.270 e. The van der Waals surface area contributed by atoms with E-state index in [1.54, 1.807) is 6.92 Å². The average molecular weight is 162 g/mol. The predicted octanol–water partition coefficient (Wildman–Crippen LogP) is -0.320. The summed E-state index contributed by atoms with van der Waals surface area (Å²) in [4.78, 5) is 3.95. The molecule has 5 heteroatoms. The van der Waals surface area contributed by atoms with Gasteiger partial charge >= 0.3 is 0 Å². The maximum atomic E-state index is 10.9. The summed E-state index contributed by atoms with van der Waals surface area (Å²) in [7, 11) is -3.05. The maximum Gasteiger partial charge on any atom is 0.233 e. The van der Waals surface area contributed by atoms with Crippen LogP contribution in [0.5, 0.6) is 0 Å². The molecule has 10 heavy (non-hydrogen) atoms. The third-order valence-corrected chi connectivity index (χ3v) is 2.65. The summed E-state index contributed by atoms with van der Waals surface area (Å²) in [5.74, 6) is 0.600. The second-order valence-electron chi connectivity index (χ2n) is 2.26. The van der Waals surface area contributed by atoms with Gasteiger partial charge in [-0.25, -0.2) is 8.42 Å². The molecule has 0 atom stereocenters. The number of amidine groups is 1. The van der Waals surface area contributed by atoms with Crippen molar-refractivity contribution < 1.29 is 8.42 Å². The van der Waals surface area contributed by atoms with E-state index in [0.717, 1.165) is 0 Å². The van der Waals surface area contributed by atoms with Crippen LogP contribution in [-0.4, -0.2) is 37.9 Å². The van der Waals surface area contributed by atoms with Crippen LogP contribution in [0.3, 0.4) is 0 Å². The number of nitrogens with zero attached hydrogens (tertiary/aromatic N) is 2. The number of hydrogen-bond acceptors (Lipinski definition) is 3. The van der Waals surface area contributed by atoms with Crippen molar-refractivity contribution in [1.29, 1.82) is 0 Å². The van der Waals surface area contributed by atoms with Gasteiger partial charge in [0.25, 0.3) is 0 Å². The van der Waals surface area contributed by atoms with Crippen LogP contribution in [0.1, 0.15) is 6.92 Å². The Morgan fingerprint density at radius 3 is 2.40 bits per heavy atom. The molecule has 1 rings (SSSR count). The number of hydrogen-bond donors (Lipinski definition) is 0. The Morgan fingerprint density at radius 1 is 1.60 bits per heavy atom. The zero-order chi connectivity index (χ0) is 7.78. The van der Waals surface area contributed by atoms with Crippen LogP contribution in [0.4, 0.5) is 0 Å². The topological polar surface area (TPSA) is 49.7 Å². The fourth-order valence-corrected chi connectivity index (χ4v) is 1.90. The van der Waals surface area contributed by atoms with Gasteiger partial charge in [0.15, 0.2) is 0 Å². The van der Waals surface area contributed by atoms with Crippen LogP contribution in [0.25, 0.3) is 0 Å². The highest BCUT2D eigenvalue weighted by Crippen LogP contribution is 2.05. The van der Waals surface area contributed by atoms with Gasteiger partial charge in [0.1, 0.15) is 5.84 Å². The second kappa shape index (κ2) is 2.23. The molecule has 1 heterocycles. The first-order chi connectivity index (χ1) is 4.52. The van der Waals surface area contributed by atoms with Gasteiger partial charge in [-0.15, -0.1) is 0 Å². The molecule has 0 saturated heterocycles. The molecular weight excluding hydrogens is 152 g/mol. The molecule has 0 aliphatic carbocycles. The molecule has 0 spiro atoms. The van der Waals surface area contributed by atoms with Crippen molar-refractivity contribution in [2.45, 2.75) is 6.92 Å². The highest BCUT2D eigenvalue weighted by molar-refractivity contribution is 7.88. The van der Waals surface area contributed by atoms with Crippen molar-refractivity contribution in [3.8, 4) is 0 Å². The molecule has 0 amide bonds. The van der Waals surface area contributed by atoms with Crippen molar-refractivity contribution in [3.05, 3.63) is 0 Å². The molecule has 0 saturated carbocycles. The van der Waals surface area contributed by atoms with Gasteiger partial charge in [-0.3, -0.25) is 9.30 Å². The fraction of sp³-hybridized carbons (Fsp3) is 0.800. The van der Waals surface area contributed by atoms with Gasteiger partial charge in [0, 0.05) is 0 Å². The van der Waals surface area contributed by atoms with Crippen LogP contribution in [0, 0.1) is 0 Å². The molecule has 0 bridgehead atoms. The SMILES string of the molecule is CC1=NCCN1S(C)(=O)=O. The van der Waals surface area contributed by atoms with E-state index < -0.39 is 10.0 Å². The predicted molar refractivity (Wildman–Crippen MR) is 39.5 cm³/mol. The van der Waals surface area contributed by atoms with Crippen molar-refractivity contribution in [2.24, 2.45) is 4.99 Å². The first-order valence-corrected chi connectivity index (χ1v) is 4.85. The summed E-state index contributed by atoms with van der Waals surface area (Å²) in [6.45, 7) is 2.80. The summed E-state index contributed by atoms with van der Waals surface area (Å²) in [6, 6.07) is 0. The van der Waals surface area contributed by atoms with E-state index in [9.17, 15) is 8.42 Å². The van der Waals surface area contributed by atoms with E-state index in [4.69, 9.17) is 0 Å². The monoisotopic (exact) mass is 162 g/mol. The Bertz CT molecular complexity index is 255. The van der Waals surface area contributed by atoms with Gasteiger partial charge in [-0.2, -0.15) is 0 Å². The highest BCUT2D eigenvalue weighted by atomic mass is 32.2. The lowest BCUT2D eigenvalue weighted by Crippen LogP contribution is -2.31. The Kier molecular flexibility index (Phi) is 1.68. The van der Waals surface area contributed by atoms with Gasteiger partial charge in [0.2, 0.25) is 10.0 Å². The summed E-state index contributed by atoms with van der Waals surface area (Å²) in [5.41, 5.74) is 0. The molecule has 58 valence electrons. The minimum atomic E-state index is -3.05. The lowest BCUT2D eigenvalue weighted by atomic mass is 10.7. The first-order valence-electron chi connectivity index (χ1n) is 3.00. The molecule has 0 fully saturated rings. The van der Waals surface area contributed by atoms with E-state index in [-0.39, 0.29) is 0 Å². The molecule has 1 aliphatic heterocycles. The van der Waals surface area contributed by atoms with E-state index >= 15 is 0 Å². The smallest absolute Gasteiger partial charge is 0.233 e. The summed E-state index contributed by atoms with van der Waals surface area (Å²) < 4.78 is 23.1. The molecule has 0 aromatic rings. The van der Waals surface area contributed by atoms with E-state index in [0.29, 0.717) is 18.9 Å². The quantitative estimate of drug-likeness (QED) is 0.530. The third-order valence-electron chi connectivity index (χ3n) is 1.40. The normalized spacial score (nSPS) is 19.4. The molecule has 0 aromatic carbocycles. The molecule has 0 radical (unpaired) electrons. The zero-order valence-corrected chi connectivity index (χ0v) is 6.85. The number of aliphatic imine (C=N–C) groups is 1. The van der Waals surface area contributed by atoms with Crippen molar-refractivity contribution in [1.82, 2.24) is 4.31 Å². The van der Waals surface area contributed by atoms with Gasteiger partial charge in [-0.1, -0.05) is 0 Å². The van der Waals surface area contributed by atoms with Crippen LogP contribution >= 0.6 is 0 Å². The molecule has 0 unspecified atom stereocenters. The molecular formula is C5H10N2O2S.